The van der Waals surface area contributed by atoms with Crippen LogP contribution in [0.25, 0.3) is 4.96 Å². The second-order valence-electron chi connectivity index (χ2n) is 5.28. The van der Waals surface area contributed by atoms with Gasteiger partial charge in [0.25, 0.3) is 5.91 Å². The lowest BCUT2D eigenvalue weighted by Crippen LogP contribution is -2.13. The van der Waals surface area contributed by atoms with Crippen LogP contribution in [0.15, 0.2) is 24.3 Å². The number of para-hydroxylation sites is 1. The second-order valence-corrected chi connectivity index (χ2v) is 6.24. The van der Waals surface area contributed by atoms with E-state index < -0.39 is 0 Å². The zero-order valence-electron chi connectivity index (χ0n) is 12.7. The molecule has 6 nitrogen and oxygen atoms in total. The third kappa shape index (κ3) is 2.59. The van der Waals surface area contributed by atoms with Gasteiger partial charge in [-0.1, -0.05) is 50.3 Å². The minimum absolute atomic E-state index is 0.203. The zero-order chi connectivity index (χ0) is 15.7. The number of fused-ring (bicyclic) bond motifs is 1. The molecule has 0 saturated carbocycles. The van der Waals surface area contributed by atoms with Crippen molar-refractivity contribution >= 4 is 27.9 Å². The highest BCUT2D eigenvalue weighted by Crippen LogP contribution is 2.21. The number of nitrogens with zero attached hydrogens (tertiary/aromatic N) is 4. The first-order valence-electron chi connectivity index (χ1n) is 7.21. The molecule has 0 bridgehead atoms. The molecule has 7 heteroatoms. The molecule has 0 atom stereocenters. The van der Waals surface area contributed by atoms with E-state index in [-0.39, 0.29) is 11.8 Å². The Morgan fingerprint density at radius 1 is 1.32 bits per heavy atom. The van der Waals surface area contributed by atoms with Crippen molar-refractivity contribution in [3.8, 4) is 0 Å². The fourth-order valence-electron chi connectivity index (χ4n) is 2.21. The van der Waals surface area contributed by atoms with Crippen LogP contribution in [-0.4, -0.2) is 25.7 Å². The molecule has 2 heterocycles. The molecule has 22 heavy (non-hydrogen) atoms. The molecule has 0 saturated heterocycles. The molecule has 1 amide bonds. The molecule has 0 aliphatic carbocycles. The van der Waals surface area contributed by atoms with Crippen molar-refractivity contribution in [1.29, 1.82) is 0 Å². The van der Waals surface area contributed by atoms with Crippen molar-refractivity contribution in [2.45, 2.75) is 33.1 Å². The van der Waals surface area contributed by atoms with Crippen LogP contribution < -0.4 is 5.32 Å². The molecule has 0 aliphatic rings. The average Bonchev–Trinajstić information content (AvgIpc) is 3.07. The van der Waals surface area contributed by atoms with Crippen LogP contribution in [0.2, 0.25) is 0 Å². The molecule has 0 fully saturated rings. The second kappa shape index (κ2) is 5.84. The highest BCUT2D eigenvalue weighted by atomic mass is 32.1. The predicted octanol–water partition coefficient (Wildman–Crippen LogP) is 3.12. The van der Waals surface area contributed by atoms with Gasteiger partial charge in [-0.3, -0.25) is 4.79 Å². The Balaban J connectivity index is 1.89. The highest BCUT2D eigenvalue weighted by molar-refractivity contribution is 7.18. The van der Waals surface area contributed by atoms with Gasteiger partial charge < -0.3 is 5.32 Å². The number of carbonyl (C=O) groups excluding carboxylic acids is 1. The first-order chi connectivity index (χ1) is 10.6. The summed E-state index contributed by atoms with van der Waals surface area (Å²) in [5, 5.41) is 15.8. The Bertz CT molecular complexity index is 820. The highest BCUT2D eigenvalue weighted by Gasteiger charge is 2.18. The molecule has 114 valence electrons. The third-order valence-corrected chi connectivity index (χ3v) is 4.27. The number of hydrogen-bond acceptors (Lipinski definition) is 5. The van der Waals surface area contributed by atoms with Crippen LogP contribution >= 0.6 is 11.3 Å². The number of hydrogen-bond donors (Lipinski definition) is 1. The van der Waals surface area contributed by atoms with Gasteiger partial charge in [0.05, 0.1) is 0 Å². The topological polar surface area (TPSA) is 72.2 Å². The zero-order valence-corrected chi connectivity index (χ0v) is 13.5. The van der Waals surface area contributed by atoms with Gasteiger partial charge in [-0.15, -0.1) is 15.3 Å². The van der Waals surface area contributed by atoms with Gasteiger partial charge in [0.1, 0.15) is 0 Å². The van der Waals surface area contributed by atoms with E-state index in [1.165, 1.54) is 11.3 Å². The van der Waals surface area contributed by atoms with E-state index in [4.69, 9.17) is 0 Å². The number of amides is 1. The number of rotatable bonds is 4. The van der Waals surface area contributed by atoms with Crippen LogP contribution in [0, 0.1) is 0 Å². The van der Waals surface area contributed by atoms with Crippen LogP contribution in [0.3, 0.4) is 0 Å². The maximum absolute atomic E-state index is 12.4. The number of aryl methyl sites for hydroxylation is 1. The summed E-state index contributed by atoms with van der Waals surface area (Å²) in [5.41, 5.74) is 1.92. The van der Waals surface area contributed by atoms with Crippen LogP contribution in [0.5, 0.6) is 0 Å². The summed E-state index contributed by atoms with van der Waals surface area (Å²) in [6, 6.07) is 7.78. The molecular formula is C15H17N5OS. The minimum atomic E-state index is -0.217. The van der Waals surface area contributed by atoms with E-state index in [1.807, 2.05) is 38.1 Å². The summed E-state index contributed by atoms with van der Waals surface area (Å²) >= 11 is 1.24. The SMILES string of the molecule is CCc1ccccc1NC(=O)c1nn2c(C(C)C)nnc2s1. The van der Waals surface area contributed by atoms with Crippen molar-refractivity contribution in [2.75, 3.05) is 5.32 Å². The molecule has 0 unspecified atom stereocenters. The number of benzene rings is 1. The molecule has 1 aromatic carbocycles. The summed E-state index contributed by atoms with van der Waals surface area (Å²) in [4.78, 5) is 13.0. The van der Waals surface area contributed by atoms with Crippen LogP contribution in [-0.2, 0) is 6.42 Å². The lowest BCUT2D eigenvalue weighted by Gasteiger charge is -2.07. The van der Waals surface area contributed by atoms with Gasteiger partial charge >= 0.3 is 0 Å². The largest absolute Gasteiger partial charge is 0.320 e. The Labute approximate surface area is 132 Å². The Hall–Kier alpha value is -2.28. The number of carbonyl (C=O) groups is 1. The van der Waals surface area contributed by atoms with E-state index in [9.17, 15) is 4.79 Å². The normalized spacial score (nSPS) is 11.3. The van der Waals surface area contributed by atoms with Gasteiger partial charge in [-0.05, 0) is 18.1 Å². The molecular weight excluding hydrogens is 298 g/mol. The maximum Gasteiger partial charge on any atom is 0.286 e. The Morgan fingerprint density at radius 3 is 2.82 bits per heavy atom. The number of aromatic nitrogens is 4. The molecule has 3 rings (SSSR count). The number of nitrogens with one attached hydrogen (secondary N) is 1. The monoisotopic (exact) mass is 315 g/mol. The van der Waals surface area contributed by atoms with Gasteiger partial charge in [0.15, 0.2) is 5.82 Å². The van der Waals surface area contributed by atoms with E-state index in [0.717, 1.165) is 23.5 Å². The minimum Gasteiger partial charge on any atom is -0.320 e. The summed E-state index contributed by atoms with van der Waals surface area (Å²) in [7, 11) is 0. The van der Waals surface area contributed by atoms with Crippen molar-refractivity contribution in [3.63, 3.8) is 0 Å². The quantitative estimate of drug-likeness (QED) is 0.803. The van der Waals surface area contributed by atoms with E-state index in [1.54, 1.807) is 4.52 Å². The molecule has 0 aliphatic heterocycles. The lowest BCUT2D eigenvalue weighted by molar-refractivity contribution is 0.102. The molecule has 0 radical (unpaired) electrons. The predicted molar refractivity (Wildman–Crippen MR) is 86.5 cm³/mol. The Morgan fingerprint density at radius 2 is 2.09 bits per heavy atom. The van der Waals surface area contributed by atoms with E-state index in [2.05, 4.69) is 27.5 Å². The summed E-state index contributed by atoms with van der Waals surface area (Å²) < 4.78 is 1.65. The molecule has 0 spiro atoms. The van der Waals surface area contributed by atoms with Crippen molar-refractivity contribution < 1.29 is 4.79 Å². The van der Waals surface area contributed by atoms with Gasteiger partial charge in [-0.25, -0.2) is 0 Å². The first-order valence-corrected chi connectivity index (χ1v) is 8.03. The Kier molecular flexibility index (Phi) is 3.89. The first kappa shape index (κ1) is 14.6. The van der Waals surface area contributed by atoms with Crippen molar-refractivity contribution in [2.24, 2.45) is 0 Å². The smallest absolute Gasteiger partial charge is 0.286 e. The van der Waals surface area contributed by atoms with Crippen molar-refractivity contribution in [3.05, 3.63) is 40.7 Å². The van der Waals surface area contributed by atoms with Gasteiger partial charge in [0.2, 0.25) is 9.97 Å². The van der Waals surface area contributed by atoms with Crippen LogP contribution in [0.1, 0.15) is 47.9 Å². The lowest BCUT2D eigenvalue weighted by atomic mass is 10.1. The molecule has 3 aromatic rings. The summed E-state index contributed by atoms with van der Waals surface area (Å²) in [6.07, 6.45) is 0.860. The third-order valence-electron chi connectivity index (χ3n) is 3.37. The summed E-state index contributed by atoms with van der Waals surface area (Å²) in [6.45, 7) is 6.10. The summed E-state index contributed by atoms with van der Waals surface area (Å²) in [5.74, 6) is 0.749. The fourth-order valence-corrected chi connectivity index (χ4v) is 2.95. The molecule has 1 N–H and O–H groups in total. The molecule has 2 aromatic heterocycles. The van der Waals surface area contributed by atoms with Crippen molar-refractivity contribution in [1.82, 2.24) is 19.8 Å². The number of anilines is 1. The average molecular weight is 315 g/mol. The van der Waals surface area contributed by atoms with E-state index >= 15 is 0 Å². The maximum atomic E-state index is 12.4. The van der Waals surface area contributed by atoms with E-state index in [0.29, 0.717) is 9.97 Å². The van der Waals surface area contributed by atoms with Gasteiger partial charge in [-0.2, -0.15) is 4.52 Å². The fraction of sp³-hybridized carbons (Fsp3) is 0.333. The standard InChI is InChI=1S/C15H17N5OS/c1-4-10-7-5-6-8-11(10)16-13(21)14-19-20-12(9(2)3)17-18-15(20)22-14/h5-9H,4H2,1-3H3,(H,16,21). The van der Waals surface area contributed by atoms with Gasteiger partial charge in [0, 0.05) is 11.6 Å². The van der Waals surface area contributed by atoms with Crippen LogP contribution in [0.4, 0.5) is 5.69 Å².